The highest BCUT2D eigenvalue weighted by molar-refractivity contribution is 6.32. The largest absolute Gasteiger partial charge is 0.434 e. The van der Waals surface area contributed by atoms with Crippen LogP contribution in [0.1, 0.15) is 0 Å². The molecule has 0 aliphatic heterocycles. The van der Waals surface area contributed by atoms with E-state index in [9.17, 15) is 8.78 Å². The first-order valence-corrected chi connectivity index (χ1v) is 2.85. The van der Waals surface area contributed by atoms with E-state index in [-0.39, 0.29) is 11.3 Å². The molecule has 2 radical (unpaired) electrons. The topological polar surface area (TPSA) is 22.1 Å². The zero-order valence-corrected chi connectivity index (χ0v) is 5.50. The third-order valence-electron chi connectivity index (χ3n) is 1.02. The number of hydrogen-bond acceptors (Lipinski definition) is 2. The van der Waals surface area contributed by atoms with Crippen LogP contribution in [-0.2, 0) is 0 Å². The summed E-state index contributed by atoms with van der Waals surface area (Å²) in [5.74, 6) is -0.0949. The van der Waals surface area contributed by atoms with E-state index in [0.717, 1.165) is 0 Å². The molecule has 5 heteroatoms. The van der Waals surface area contributed by atoms with Crippen LogP contribution in [0.2, 0.25) is 0 Å². The number of halogens is 2. The molecular formula is C6H4BF2NO. The lowest BCUT2D eigenvalue weighted by Crippen LogP contribution is -2.15. The van der Waals surface area contributed by atoms with Crippen molar-refractivity contribution in [3.05, 3.63) is 18.3 Å². The van der Waals surface area contributed by atoms with Crippen molar-refractivity contribution < 1.29 is 13.5 Å². The first-order chi connectivity index (χ1) is 5.20. The van der Waals surface area contributed by atoms with Gasteiger partial charge in [0.1, 0.15) is 13.6 Å². The molecule has 2 nitrogen and oxygen atoms in total. The van der Waals surface area contributed by atoms with Gasteiger partial charge in [0.15, 0.2) is 0 Å². The van der Waals surface area contributed by atoms with E-state index >= 15 is 0 Å². The molecule has 0 amide bonds. The predicted octanol–water partition coefficient (Wildman–Crippen LogP) is 0.477. The summed E-state index contributed by atoms with van der Waals surface area (Å²) >= 11 is 0. The second kappa shape index (κ2) is 3.32. The van der Waals surface area contributed by atoms with Crippen LogP contribution in [0.3, 0.4) is 0 Å². The average molecular weight is 155 g/mol. The van der Waals surface area contributed by atoms with E-state index in [1.54, 1.807) is 0 Å². The summed E-state index contributed by atoms with van der Waals surface area (Å²) in [6.45, 7) is -2.86. The van der Waals surface area contributed by atoms with Gasteiger partial charge in [0.05, 0.1) is 0 Å². The van der Waals surface area contributed by atoms with Crippen LogP contribution in [0, 0.1) is 0 Å². The molecule has 1 rings (SSSR count). The molecule has 0 spiro atoms. The Labute approximate surface area is 63.6 Å². The van der Waals surface area contributed by atoms with Gasteiger partial charge < -0.3 is 4.74 Å². The maximum Gasteiger partial charge on any atom is 0.387 e. The van der Waals surface area contributed by atoms with Crippen molar-refractivity contribution in [3.63, 3.8) is 0 Å². The maximum atomic E-state index is 11.6. The highest BCUT2D eigenvalue weighted by atomic mass is 19.3. The van der Waals surface area contributed by atoms with Crippen molar-refractivity contribution in [1.29, 1.82) is 0 Å². The highest BCUT2D eigenvalue weighted by Crippen LogP contribution is 2.07. The molecule has 0 saturated heterocycles. The van der Waals surface area contributed by atoms with Crippen LogP contribution in [0.4, 0.5) is 8.78 Å². The number of aromatic nitrogens is 1. The van der Waals surface area contributed by atoms with Gasteiger partial charge in [0.2, 0.25) is 0 Å². The summed E-state index contributed by atoms with van der Waals surface area (Å²) in [5.41, 5.74) is -0.0344. The van der Waals surface area contributed by atoms with Gasteiger partial charge in [-0.25, -0.2) is 0 Å². The monoisotopic (exact) mass is 155 g/mol. The fourth-order valence-corrected chi connectivity index (χ4v) is 0.598. The molecule has 11 heavy (non-hydrogen) atoms. The Balaban J connectivity index is 2.78. The van der Waals surface area contributed by atoms with E-state index in [1.165, 1.54) is 18.3 Å². The summed E-state index contributed by atoms with van der Waals surface area (Å²) in [6.07, 6.45) is 1.40. The third-order valence-corrected chi connectivity index (χ3v) is 1.02. The average Bonchev–Trinajstić information content (AvgIpc) is 1.93. The summed E-state index contributed by atoms with van der Waals surface area (Å²) in [5, 5.41) is 0. The van der Waals surface area contributed by atoms with Gasteiger partial charge in [-0.15, -0.1) is 0 Å². The smallest absolute Gasteiger partial charge is 0.387 e. The fourth-order valence-electron chi connectivity index (χ4n) is 0.598. The first kappa shape index (κ1) is 7.98. The fraction of sp³-hybridized carbons (Fsp3) is 0.167. The molecule has 0 aliphatic carbocycles. The summed E-state index contributed by atoms with van der Waals surface area (Å²) < 4.78 is 27.2. The number of ether oxygens (including phenoxy) is 1. The van der Waals surface area contributed by atoms with Crippen LogP contribution < -0.4 is 10.3 Å². The predicted molar refractivity (Wildman–Crippen MR) is 36.3 cm³/mol. The van der Waals surface area contributed by atoms with Gasteiger partial charge in [-0.2, -0.15) is 8.78 Å². The molecule has 0 fully saturated rings. The SMILES string of the molecule is [B]c1ncccc1OC(F)F. The van der Waals surface area contributed by atoms with Crippen molar-refractivity contribution in [2.24, 2.45) is 0 Å². The Hall–Kier alpha value is -1.13. The van der Waals surface area contributed by atoms with Crippen molar-refractivity contribution >= 4 is 13.4 Å². The third kappa shape index (κ3) is 2.18. The van der Waals surface area contributed by atoms with Gasteiger partial charge in [-0.05, 0) is 12.1 Å². The molecule has 1 aromatic rings. The molecule has 0 unspecified atom stereocenters. The molecule has 0 atom stereocenters. The minimum absolute atomic E-state index is 0.0344. The van der Waals surface area contributed by atoms with Crippen molar-refractivity contribution in [2.75, 3.05) is 0 Å². The molecule has 0 saturated carbocycles. The zero-order chi connectivity index (χ0) is 8.27. The lowest BCUT2D eigenvalue weighted by Gasteiger charge is -2.05. The standard InChI is InChI=1S/C6H4BF2NO/c7-5-4(11-6(8)9)2-1-3-10-5/h1-3,6H. The second-order valence-electron chi connectivity index (χ2n) is 1.77. The maximum absolute atomic E-state index is 11.6. The van der Waals surface area contributed by atoms with Crippen LogP contribution in [-0.4, -0.2) is 19.4 Å². The van der Waals surface area contributed by atoms with Crippen molar-refractivity contribution in [1.82, 2.24) is 4.98 Å². The Morgan fingerprint density at radius 1 is 1.55 bits per heavy atom. The molecule has 56 valence electrons. The van der Waals surface area contributed by atoms with Gasteiger partial charge in [-0.1, -0.05) is 0 Å². The minimum atomic E-state index is -2.86. The van der Waals surface area contributed by atoms with E-state index in [1.807, 2.05) is 0 Å². The first-order valence-electron chi connectivity index (χ1n) is 2.85. The number of alkyl halides is 2. The van der Waals surface area contributed by atoms with E-state index in [4.69, 9.17) is 7.85 Å². The quantitative estimate of drug-likeness (QED) is 0.579. The summed E-state index contributed by atoms with van der Waals surface area (Å²) in [7, 11) is 5.20. The normalized spacial score (nSPS) is 10.1. The molecular weight excluding hydrogens is 151 g/mol. The van der Waals surface area contributed by atoms with Gasteiger partial charge in [0.25, 0.3) is 0 Å². The van der Waals surface area contributed by atoms with E-state index < -0.39 is 6.61 Å². The Kier molecular flexibility index (Phi) is 2.41. The Morgan fingerprint density at radius 2 is 2.27 bits per heavy atom. The molecule has 1 aromatic heterocycles. The molecule has 0 N–H and O–H groups in total. The number of pyridine rings is 1. The number of hydrogen-bond donors (Lipinski definition) is 0. The lowest BCUT2D eigenvalue weighted by molar-refractivity contribution is -0.0493. The number of nitrogens with zero attached hydrogens (tertiary/aromatic N) is 1. The summed E-state index contributed by atoms with van der Waals surface area (Å²) in [4.78, 5) is 3.55. The second-order valence-corrected chi connectivity index (χ2v) is 1.77. The Morgan fingerprint density at radius 3 is 2.82 bits per heavy atom. The van der Waals surface area contributed by atoms with Crippen LogP contribution in [0.5, 0.6) is 5.75 Å². The van der Waals surface area contributed by atoms with Crippen molar-refractivity contribution in [2.45, 2.75) is 6.61 Å². The van der Waals surface area contributed by atoms with Gasteiger partial charge >= 0.3 is 6.61 Å². The molecule has 0 bridgehead atoms. The van der Waals surface area contributed by atoms with Crippen molar-refractivity contribution in [3.8, 4) is 5.75 Å². The molecule has 1 heterocycles. The molecule has 0 aliphatic rings. The van der Waals surface area contributed by atoms with Crippen LogP contribution in [0.15, 0.2) is 18.3 Å². The van der Waals surface area contributed by atoms with E-state index in [2.05, 4.69) is 9.72 Å². The minimum Gasteiger partial charge on any atom is -0.434 e. The van der Waals surface area contributed by atoms with Gasteiger partial charge in [-0.3, -0.25) is 4.98 Å². The summed E-state index contributed by atoms with van der Waals surface area (Å²) in [6, 6.07) is 2.79. The molecule has 0 aromatic carbocycles. The Bertz CT molecular complexity index is 244. The van der Waals surface area contributed by atoms with E-state index in [0.29, 0.717) is 0 Å². The van der Waals surface area contributed by atoms with Crippen LogP contribution >= 0.6 is 0 Å². The highest BCUT2D eigenvalue weighted by Gasteiger charge is 2.05. The van der Waals surface area contributed by atoms with Gasteiger partial charge in [0, 0.05) is 11.8 Å². The number of rotatable bonds is 2. The zero-order valence-electron chi connectivity index (χ0n) is 5.50. The van der Waals surface area contributed by atoms with Crippen LogP contribution in [0.25, 0.3) is 0 Å². The lowest BCUT2D eigenvalue weighted by atomic mass is 10.0.